The van der Waals surface area contributed by atoms with Gasteiger partial charge in [-0.2, -0.15) is 0 Å². The maximum absolute atomic E-state index is 5.89. The first-order valence-corrected chi connectivity index (χ1v) is 7.22. The molecule has 0 saturated carbocycles. The Morgan fingerprint density at radius 2 is 1.91 bits per heavy atom. The van der Waals surface area contributed by atoms with Gasteiger partial charge in [-0.15, -0.1) is 0 Å². The fourth-order valence-corrected chi connectivity index (χ4v) is 2.46. The van der Waals surface area contributed by atoms with Gasteiger partial charge in [0.2, 0.25) is 0 Å². The summed E-state index contributed by atoms with van der Waals surface area (Å²) in [6, 6.07) is 16.0. The molecule has 0 fully saturated rings. The highest BCUT2D eigenvalue weighted by molar-refractivity contribution is 6.30. The van der Waals surface area contributed by atoms with Crippen LogP contribution in [0.3, 0.4) is 0 Å². The lowest BCUT2D eigenvalue weighted by atomic mass is 10.2. The maximum Gasteiger partial charge on any atom is 0.299 e. The molecule has 2 aromatic carbocycles. The van der Waals surface area contributed by atoms with Crippen LogP contribution in [-0.4, -0.2) is 9.97 Å². The highest BCUT2D eigenvalue weighted by Gasteiger charge is 2.07. The van der Waals surface area contributed by atoms with Gasteiger partial charge in [-0.05, 0) is 48.5 Å². The van der Waals surface area contributed by atoms with E-state index in [0.717, 1.165) is 22.2 Å². The minimum atomic E-state index is 0.458. The molecule has 4 rings (SSSR count). The third kappa shape index (κ3) is 2.44. The molecule has 0 aliphatic heterocycles. The number of benzene rings is 2. The van der Waals surface area contributed by atoms with E-state index in [2.05, 4.69) is 15.3 Å². The molecule has 22 heavy (non-hydrogen) atoms. The van der Waals surface area contributed by atoms with E-state index < -0.39 is 0 Å². The van der Waals surface area contributed by atoms with Crippen molar-refractivity contribution in [1.82, 2.24) is 9.97 Å². The fourth-order valence-electron chi connectivity index (χ4n) is 2.33. The van der Waals surface area contributed by atoms with Crippen molar-refractivity contribution in [2.45, 2.75) is 0 Å². The number of nitrogens with zero attached hydrogens (tertiary/aromatic N) is 1. The highest BCUT2D eigenvalue weighted by Crippen LogP contribution is 2.26. The Morgan fingerprint density at radius 3 is 2.77 bits per heavy atom. The van der Waals surface area contributed by atoms with E-state index in [1.54, 1.807) is 6.20 Å². The number of aromatic amines is 1. The van der Waals surface area contributed by atoms with Crippen LogP contribution in [0, 0.1) is 0 Å². The normalized spacial score (nSPS) is 11.0. The Balaban J connectivity index is 1.59. The molecule has 2 heterocycles. The van der Waals surface area contributed by atoms with Gasteiger partial charge in [0.05, 0.1) is 6.20 Å². The first-order chi connectivity index (χ1) is 10.8. The average Bonchev–Trinajstić information content (AvgIpc) is 3.17. The zero-order valence-electron chi connectivity index (χ0n) is 11.5. The van der Waals surface area contributed by atoms with Gasteiger partial charge in [-0.25, -0.2) is 4.98 Å². The molecule has 5 heteroatoms. The zero-order chi connectivity index (χ0) is 14.9. The molecule has 0 aliphatic carbocycles. The van der Waals surface area contributed by atoms with Crippen LogP contribution in [0.2, 0.25) is 5.02 Å². The van der Waals surface area contributed by atoms with Crippen LogP contribution in [-0.2, 0) is 0 Å². The Bertz CT molecular complexity index is 924. The second-order valence-electron chi connectivity index (χ2n) is 4.94. The molecule has 0 bridgehead atoms. The van der Waals surface area contributed by atoms with Crippen LogP contribution in [0.1, 0.15) is 0 Å². The van der Waals surface area contributed by atoms with E-state index in [9.17, 15) is 0 Å². The molecular weight excluding hydrogens is 298 g/mol. The number of oxazole rings is 1. The number of H-pyrrole nitrogens is 1. The molecular formula is C17H12ClN3O. The van der Waals surface area contributed by atoms with Gasteiger partial charge in [-0.3, -0.25) is 0 Å². The number of hydrogen-bond donors (Lipinski definition) is 2. The van der Waals surface area contributed by atoms with Crippen LogP contribution in [0.4, 0.5) is 11.7 Å². The summed E-state index contributed by atoms with van der Waals surface area (Å²) in [6.45, 7) is 0. The van der Waals surface area contributed by atoms with Crippen molar-refractivity contribution in [1.29, 1.82) is 0 Å². The van der Waals surface area contributed by atoms with Gasteiger partial charge < -0.3 is 14.7 Å². The summed E-state index contributed by atoms with van der Waals surface area (Å²) in [5.41, 5.74) is 2.96. The molecule has 0 spiro atoms. The fraction of sp³-hybridized carbons (Fsp3) is 0. The number of halogens is 1. The van der Waals surface area contributed by atoms with Gasteiger partial charge in [0, 0.05) is 33.4 Å². The SMILES string of the molecule is Clc1ccc(-c2cnc(Nc3ccc4[nH]ccc4c3)o2)cc1. The van der Waals surface area contributed by atoms with Crippen molar-refractivity contribution in [2.24, 2.45) is 0 Å². The van der Waals surface area contributed by atoms with E-state index >= 15 is 0 Å². The average molecular weight is 310 g/mol. The largest absolute Gasteiger partial charge is 0.423 e. The standard InChI is InChI=1S/C17H12ClN3O/c18-13-3-1-11(2-4-13)16-10-20-17(22-16)21-14-5-6-15-12(9-14)7-8-19-15/h1-10,19H,(H,20,21). The van der Waals surface area contributed by atoms with Crippen molar-refractivity contribution < 1.29 is 4.42 Å². The minimum Gasteiger partial charge on any atom is -0.423 e. The van der Waals surface area contributed by atoms with Crippen LogP contribution >= 0.6 is 11.6 Å². The van der Waals surface area contributed by atoms with Gasteiger partial charge >= 0.3 is 0 Å². The summed E-state index contributed by atoms with van der Waals surface area (Å²) in [6.07, 6.45) is 3.61. The molecule has 0 saturated heterocycles. The van der Waals surface area contributed by atoms with Crippen LogP contribution < -0.4 is 5.32 Å². The summed E-state index contributed by atoms with van der Waals surface area (Å²) in [7, 11) is 0. The van der Waals surface area contributed by atoms with E-state index in [0.29, 0.717) is 16.8 Å². The number of fused-ring (bicyclic) bond motifs is 1. The lowest BCUT2D eigenvalue weighted by Crippen LogP contribution is -1.89. The van der Waals surface area contributed by atoms with Crippen molar-refractivity contribution in [3.8, 4) is 11.3 Å². The van der Waals surface area contributed by atoms with Gasteiger partial charge in [-0.1, -0.05) is 11.6 Å². The van der Waals surface area contributed by atoms with Crippen molar-refractivity contribution >= 4 is 34.2 Å². The Kier molecular flexibility index (Phi) is 3.09. The molecule has 0 unspecified atom stereocenters. The monoisotopic (exact) mass is 309 g/mol. The molecule has 0 radical (unpaired) electrons. The van der Waals surface area contributed by atoms with Gasteiger partial charge in [0.1, 0.15) is 0 Å². The number of nitrogens with one attached hydrogen (secondary N) is 2. The van der Waals surface area contributed by atoms with E-state index in [1.165, 1.54) is 0 Å². The Morgan fingerprint density at radius 1 is 1.05 bits per heavy atom. The lowest BCUT2D eigenvalue weighted by molar-refractivity contribution is 0.592. The minimum absolute atomic E-state index is 0.458. The van der Waals surface area contributed by atoms with Gasteiger partial charge in [0.25, 0.3) is 6.01 Å². The molecule has 108 valence electrons. The number of aromatic nitrogens is 2. The Hall–Kier alpha value is -2.72. The molecule has 0 amide bonds. The van der Waals surface area contributed by atoms with Gasteiger partial charge in [0.15, 0.2) is 5.76 Å². The smallest absolute Gasteiger partial charge is 0.299 e. The molecule has 0 aliphatic rings. The highest BCUT2D eigenvalue weighted by atomic mass is 35.5. The summed E-state index contributed by atoms with van der Waals surface area (Å²) < 4.78 is 5.73. The first-order valence-electron chi connectivity index (χ1n) is 6.84. The molecule has 2 aromatic heterocycles. The molecule has 0 atom stereocenters. The third-order valence-electron chi connectivity index (χ3n) is 3.44. The van der Waals surface area contributed by atoms with Crippen LogP contribution in [0.5, 0.6) is 0 Å². The number of rotatable bonds is 3. The predicted octanol–water partition coefficient (Wildman–Crippen LogP) is 5.22. The molecule has 4 nitrogen and oxygen atoms in total. The number of anilines is 2. The lowest BCUT2D eigenvalue weighted by Gasteiger charge is -2.02. The maximum atomic E-state index is 5.89. The quantitative estimate of drug-likeness (QED) is 0.545. The summed E-state index contributed by atoms with van der Waals surface area (Å²) in [5, 5.41) is 5.00. The van der Waals surface area contributed by atoms with E-state index in [4.69, 9.17) is 16.0 Å². The van der Waals surface area contributed by atoms with Crippen LogP contribution in [0.15, 0.2) is 65.3 Å². The summed E-state index contributed by atoms with van der Waals surface area (Å²) >= 11 is 5.89. The molecule has 4 aromatic rings. The van der Waals surface area contributed by atoms with E-state index in [1.807, 2.05) is 54.7 Å². The topological polar surface area (TPSA) is 53.9 Å². The third-order valence-corrected chi connectivity index (χ3v) is 3.69. The first kappa shape index (κ1) is 13.0. The van der Waals surface area contributed by atoms with Crippen molar-refractivity contribution in [2.75, 3.05) is 5.32 Å². The second kappa shape index (κ2) is 5.24. The second-order valence-corrected chi connectivity index (χ2v) is 5.38. The summed E-state index contributed by atoms with van der Waals surface area (Å²) in [5.74, 6) is 0.696. The van der Waals surface area contributed by atoms with Crippen LogP contribution in [0.25, 0.3) is 22.2 Å². The van der Waals surface area contributed by atoms with Crippen molar-refractivity contribution in [3.63, 3.8) is 0 Å². The zero-order valence-corrected chi connectivity index (χ0v) is 12.3. The Labute approximate surface area is 131 Å². The molecule has 2 N–H and O–H groups in total. The predicted molar refractivity (Wildman–Crippen MR) is 88.5 cm³/mol. The number of hydrogen-bond acceptors (Lipinski definition) is 3. The van der Waals surface area contributed by atoms with E-state index in [-0.39, 0.29) is 0 Å². The summed E-state index contributed by atoms with van der Waals surface area (Å²) in [4.78, 5) is 7.42. The van der Waals surface area contributed by atoms with Crippen molar-refractivity contribution in [3.05, 3.63) is 65.9 Å².